The lowest BCUT2D eigenvalue weighted by Gasteiger charge is -2.18. The molecular weight excluding hydrogens is 426 g/mol. The lowest BCUT2D eigenvalue weighted by atomic mass is 9.89. The number of hydrogen-bond donors (Lipinski definition) is 1. The van der Waals surface area contributed by atoms with Gasteiger partial charge in [-0.05, 0) is 62.3 Å². The van der Waals surface area contributed by atoms with E-state index in [1.165, 1.54) is 16.6 Å². The molecule has 2 heterocycles. The predicted octanol–water partition coefficient (Wildman–Crippen LogP) is 4.50. The first-order chi connectivity index (χ1) is 13.8. The Bertz CT molecular complexity index is 1180. The number of aromatic nitrogens is 2. The lowest BCUT2D eigenvalue weighted by molar-refractivity contribution is -0.117. The van der Waals surface area contributed by atoms with Gasteiger partial charge in [-0.15, -0.1) is 11.3 Å². The molecule has 0 radical (unpaired) electrons. The predicted molar refractivity (Wildman–Crippen MR) is 121 cm³/mol. The van der Waals surface area contributed by atoms with E-state index < -0.39 is 11.2 Å². The maximum atomic E-state index is 13.7. The van der Waals surface area contributed by atoms with Gasteiger partial charge in [0.2, 0.25) is 5.91 Å². The van der Waals surface area contributed by atoms with Crippen LogP contribution in [-0.2, 0) is 17.6 Å². The second-order valence-corrected chi connectivity index (χ2v) is 10.5. The summed E-state index contributed by atoms with van der Waals surface area (Å²) in [5.41, 5.74) is 8.06. The monoisotopic (exact) mass is 447 g/mol. The van der Waals surface area contributed by atoms with Crippen LogP contribution in [0.3, 0.4) is 0 Å². The molecule has 152 valence electrons. The summed E-state index contributed by atoms with van der Waals surface area (Å²) >= 11 is 9.13. The average molecular weight is 448 g/mol. The van der Waals surface area contributed by atoms with Gasteiger partial charge in [0.1, 0.15) is 4.83 Å². The molecule has 2 aromatic heterocycles. The Hall–Kier alpha value is -1.83. The van der Waals surface area contributed by atoms with Crippen LogP contribution in [0.5, 0.6) is 0 Å². The van der Waals surface area contributed by atoms with Crippen LogP contribution in [0, 0.1) is 12.8 Å². The third-order valence-corrected chi connectivity index (χ3v) is 8.02. The molecule has 1 amide bonds. The molecule has 29 heavy (non-hydrogen) atoms. The van der Waals surface area contributed by atoms with Gasteiger partial charge in [0.05, 0.1) is 16.3 Å². The fourth-order valence-electron chi connectivity index (χ4n) is 3.62. The summed E-state index contributed by atoms with van der Waals surface area (Å²) in [6.07, 6.45) is 2.95. The molecular formula is C21H22ClN3O2S2. The van der Waals surface area contributed by atoms with Gasteiger partial charge in [0, 0.05) is 9.90 Å². The van der Waals surface area contributed by atoms with Crippen molar-refractivity contribution in [3.63, 3.8) is 0 Å². The summed E-state index contributed by atoms with van der Waals surface area (Å²) in [4.78, 5) is 32.1. The Morgan fingerprint density at radius 1 is 1.45 bits per heavy atom. The summed E-state index contributed by atoms with van der Waals surface area (Å²) in [7, 11) is 0. The second kappa shape index (κ2) is 7.78. The van der Waals surface area contributed by atoms with Gasteiger partial charge in [-0.3, -0.25) is 14.2 Å². The van der Waals surface area contributed by atoms with Crippen LogP contribution < -0.4 is 11.3 Å². The number of amides is 1. The van der Waals surface area contributed by atoms with E-state index in [2.05, 4.69) is 6.92 Å². The molecule has 8 heteroatoms. The van der Waals surface area contributed by atoms with E-state index in [1.54, 1.807) is 28.9 Å². The first kappa shape index (κ1) is 20.4. The van der Waals surface area contributed by atoms with Crippen molar-refractivity contribution in [1.82, 2.24) is 9.55 Å². The number of halogens is 1. The molecule has 0 fully saturated rings. The summed E-state index contributed by atoms with van der Waals surface area (Å²) in [5.74, 6) is 0.162. The van der Waals surface area contributed by atoms with E-state index in [4.69, 9.17) is 22.3 Å². The van der Waals surface area contributed by atoms with Crippen molar-refractivity contribution >= 4 is 50.8 Å². The number of carbonyl (C=O) groups is 1. The van der Waals surface area contributed by atoms with Gasteiger partial charge in [0.25, 0.3) is 5.56 Å². The number of nitrogens with zero attached hydrogens (tertiary/aromatic N) is 2. The molecule has 0 spiro atoms. The highest BCUT2D eigenvalue weighted by Gasteiger charge is 2.26. The van der Waals surface area contributed by atoms with Gasteiger partial charge < -0.3 is 5.73 Å². The highest BCUT2D eigenvalue weighted by atomic mass is 35.5. The topological polar surface area (TPSA) is 78.0 Å². The van der Waals surface area contributed by atoms with E-state index in [-0.39, 0.29) is 5.56 Å². The molecule has 1 aliphatic carbocycles. The minimum Gasteiger partial charge on any atom is -0.369 e. The van der Waals surface area contributed by atoms with Crippen LogP contribution in [0.4, 0.5) is 0 Å². The highest BCUT2D eigenvalue weighted by molar-refractivity contribution is 8.00. The third-order valence-electron chi connectivity index (χ3n) is 5.40. The molecule has 0 saturated heterocycles. The fraction of sp³-hybridized carbons (Fsp3) is 0.381. The summed E-state index contributed by atoms with van der Waals surface area (Å²) in [5, 5.41) is 1.22. The number of aryl methyl sites for hydroxylation is 2. The SMILES string of the molecule is Cc1ccc(-n2c(S[C@@H](C)C(N)=O)nc3sc4c(c3c2=O)CC[C@H](C)C4)cc1Cl. The zero-order chi connectivity index (χ0) is 20.9. The average Bonchev–Trinajstić information content (AvgIpc) is 3.01. The molecule has 5 nitrogen and oxygen atoms in total. The first-order valence-corrected chi connectivity index (χ1v) is 11.6. The number of thioether (sulfide) groups is 1. The Morgan fingerprint density at radius 3 is 2.90 bits per heavy atom. The smallest absolute Gasteiger partial charge is 0.267 e. The molecule has 0 saturated carbocycles. The number of primary amides is 1. The Morgan fingerprint density at radius 2 is 2.21 bits per heavy atom. The van der Waals surface area contributed by atoms with Gasteiger partial charge in [-0.2, -0.15) is 0 Å². The van der Waals surface area contributed by atoms with Crippen molar-refractivity contribution < 1.29 is 4.79 Å². The highest BCUT2D eigenvalue weighted by Crippen LogP contribution is 2.37. The number of nitrogens with two attached hydrogens (primary N) is 1. The van der Waals surface area contributed by atoms with Crippen LogP contribution in [0.1, 0.15) is 36.3 Å². The fourth-order valence-corrected chi connectivity index (χ4v) is 6.09. The van der Waals surface area contributed by atoms with Crippen LogP contribution in [-0.4, -0.2) is 20.7 Å². The van der Waals surface area contributed by atoms with Crippen LogP contribution in [0.2, 0.25) is 5.02 Å². The Kier molecular flexibility index (Phi) is 5.48. The number of hydrogen-bond acceptors (Lipinski definition) is 5. The maximum Gasteiger partial charge on any atom is 0.267 e. The van der Waals surface area contributed by atoms with E-state index in [9.17, 15) is 9.59 Å². The zero-order valence-corrected chi connectivity index (χ0v) is 18.9. The van der Waals surface area contributed by atoms with Crippen LogP contribution in [0.25, 0.3) is 15.9 Å². The molecule has 2 N–H and O–H groups in total. The van der Waals surface area contributed by atoms with Crippen LogP contribution >= 0.6 is 34.7 Å². The lowest BCUT2D eigenvalue weighted by Crippen LogP contribution is -2.26. The Labute approximate surface area is 182 Å². The molecule has 2 atom stereocenters. The summed E-state index contributed by atoms with van der Waals surface area (Å²) in [6, 6.07) is 5.51. The number of benzene rings is 1. The van der Waals surface area contributed by atoms with Crippen molar-refractivity contribution in [1.29, 1.82) is 0 Å². The molecule has 1 aromatic carbocycles. The van der Waals surface area contributed by atoms with E-state index in [1.807, 2.05) is 19.1 Å². The largest absolute Gasteiger partial charge is 0.369 e. The number of carbonyl (C=O) groups excluding carboxylic acids is 1. The zero-order valence-electron chi connectivity index (χ0n) is 16.5. The van der Waals surface area contributed by atoms with Crippen molar-refractivity contribution in [2.24, 2.45) is 11.7 Å². The second-order valence-electron chi connectivity index (χ2n) is 7.66. The minimum atomic E-state index is -0.513. The standard InChI is InChI=1S/C21H22ClN3O2S2/c1-10-4-7-14-16(8-10)29-19-17(14)20(27)25(13-6-5-11(2)15(22)9-13)21(24-19)28-12(3)18(23)26/h5-6,9-10,12H,4,7-8H2,1-3H3,(H2,23,26)/t10-,12-/m0/s1. The molecule has 0 aliphatic heterocycles. The summed E-state index contributed by atoms with van der Waals surface area (Å²) in [6.45, 7) is 5.87. The Balaban J connectivity index is 1.99. The maximum absolute atomic E-state index is 13.7. The third kappa shape index (κ3) is 3.71. The van der Waals surface area contributed by atoms with Crippen LogP contribution in [0.15, 0.2) is 28.2 Å². The van der Waals surface area contributed by atoms with Crippen molar-refractivity contribution in [3.8, 4) is 5.69 Å². The summed E-state index contributed by atoms with van der Waals surface area (Å²) < 4.78 is 1.57. The van der Waals surface area contributed by atoms with Gasteiger partial charge >= 0.3 is 0 Å². The quantitative estimate of drug-likeness (QED) is 0.471. The van der Waals surface area contributed by atoms with Crippen molar-refractivity contribution in [3.05, 3.63) is 49.6 Å². The molecule has 0 bridgehead atoms. The van der Waals surface area contributed by atoms with E-state index >= 15 is 0 Å². The number of thiophene rings is 1. The molecule has 1 aliphatic rings. The van der Waals surface area contributed by atoms with E-state index in [0.717, 1.165) is 35.2 Å². The molecule has 4 rings (SSSR count). The molecule has 3 aromatic rings. The minimum absolute atomic E-state index is 0.110. The molecule has 0 unspecified atom stereocenters. The van der Waals surface area contributed by atoms with E-state index in [0.29, 0.717) is 27.2 Å². The van der Waals surface area contributed by atoms with Gasteiger partial charge in [-0.1, -0.05) is 36.4 Å². The normalized spacial score (nSPS) is 17.3. The van der Waals surface area contributed by atoms with Crippen molar-refractivity contribution in [2.75, 3.05) is 0 Å². The van der Waals surface area contributed by atoms with Gasteiger partial charge in [-0.25, -0.2) is 4.98 Å². The number of rotatable bonds is 4. The van der Waals surface area contributed by atoms with Gasteiger partial charge in [0.15, 0.2) is 5.16 Å². The van der Waals surface area contributed by atoms with Crippen molar-refractivity contribution in [2.45, 2.75) is 50.4 Å². The first-order valence-electron chi connectivity index (χ1n) is 9.56. The number of fused-ring (bicyclic) bond motifs is 3.